The number of nitrogens with one attached hydrogen (secondary N) is 1. The van der Waals surface area contributed by atoms with Crippen molar-refractivity contribution in [1.29, 1.82) is 0 Å². The van der Waals surface area contributed by atoms with E-state index in [-0.39, 0.29) is 16.6 Å². The van der Waals surface area contributed by atoms with Crippen LogP contribution in [0.2, 0.25) is 0 Å². The number of morpholine rings is 1. The lowest BCUT2D eigenvalue weighted by Gasteiger charge is -2.29. The molecule has 1 amide bonds. The van der Waals surface area contributed by atoms with Crippen LogP contribution < -0.4 is 4.72 Å². The zero-order valence-electron chi connectivity index (χ0n) is 15.0. The summed E-state index contributed by atoms with van der Waals surface area (Å²) in [6.45, 7) is 4.81. The van der Waals surface area contributed by atoms with Crippen LogP contribution >= 0.6 is 0 Å². The molecule has 9 nitrogen and oxygen atoms in total. The third-order valence-electron chi connectivity index (χ3n) is 4.29. The highest BCUT2D eigenvalue weighted by atomic mass is 32.2. The Kier molecular flexibility index (Phi) is 5.47. The second-order valence-corrected chi connectivity index (χ2v) is 7.92. The van der Waals surface area contributed by atoms with Gasteiger partial charge in [0.15, 0.2) is 6.10 Å². The minimum Gasteiger partial charge on any atom is -0.451 e. The summed E-state index contributed by atoms with van der Waals surface area (Å²) in [6, 6.07) is 5.38. The van der Waals surface area contributed by atoms with Gasteiger partial charge in [-0.1, -0.05) is 12.1 Å². The van der Waals surface area contributed by atoms with Gasteiger partial charge in [-0.25, -0.2) is 13.2 Å². The van der Waals surface area contributed by atoms with Crippen LogP contribution in [-0.4, -0.2) is 69.5 Å². The Morgan fingerprint density at radius 1 is 1.22 bits per heavy atom. The average Bonchev–Trinajstić information content (AvgIpc) is 2.92. The first kappa shape index (κ1) is 19.3. The standard InChI is InChI=1S/C17H21N3O6S/c1-11(17(22)26-12(2)16(21)20-7-9-25-10-8-20)18-15-13-5-3-4-6-14(13)27(23,24)19-15/h3-6,11-12H,7-10H2,1-2H3,(H,18,19)/t11-,12?/m0/s1. The summed E-state index contributed by atoms with van der Waals surface area (Å²) in [5.74, 6) is -0.916. The minimum atomic E-state index is -3.68. The Labute approximate surface area is 157 Å². The van der Waals surface area contributed by atoms with Crippen LogP contribution in [0.25, 0.3) is 0 Å². The maximum absolute atomic E-state index is 12.3. The first-order valence-corrected chi connectivity index (χ1v) is 10.0. The molecular formula is C17H21N3O6S. The van der Waals surface area contributed by atoms with Crippen molar-refractivity contribution in [2.75, 3.05) is 26.3 Å². The molecule has 0 bridgehead atoms. The molecule has 27 heavy (non-hydrogen) atoms. The molecule has 0 aromatic heterocycles. The van der Waals surface area contributed by atoms with Crippen LogP contribution in [0.3, 0.4) is 0 Å². The van der Waals surface area contributed by atoms with E-state index >= 15 is 0 Å². The highest BCUT2D eigenvalue weighted by Crippen LogP contribution is 2.22. The SMILES string of the molecule is CC(OC(=O)[C@H](C)N=C1NS(=O)(=O)c2ccccc21)C(=O)N1CCOCC1. The number of aliphatic imine (C=N–C) groups is 1. The number of amidine groups is 1. The van der Waals surface area contributed by atoms with E-state index < -0.39 is 28.1 Å². The van der Waals surface area contributed by atoms with Crippen LogP contribution in [0, 0.1) is 0 Å². The topological polar surface area (TPSA) is 114 Å². The smallest absolute Gasteiger partial charge is 0.331 e. The average molecular weight is 395 g/mol. The number of nitrogens with zero attached hydrogens (tertiary/aromatic N) is 2. The number of sulfonamides is 1. The van der Waals surface area contributed by atoms with E-state index in [0.29, 0.717) is 31.9 Å². The molecule has 146 valence electrons. The maximum Gasteiger partial charge on any atom is 0.331 e. The van der Waals surface area contributed by atoms with E-state index in [1.165, 1.54) is 19.9 Å². The number of benzene rings is 1. The molecule has 1 saturated heterocycles. The highest BCUT2D eigenvalue weighted by Gasteiger charge is 2.32. The molecular weight excluding hydrogens is 374 g/mol. The van der Waals surface area contributed by atoms with E-state index in [9.17, 15) is 18.0 Å². The summed E-state index contributed by atoms with van der Waals surface area (Å²) in [6.07, 6.45) is -0.953. The van der Waals surface area contributed by atoms with Crippen LogP contribution in [0.5, 0.6) is 0 Å². The summed E-state index contributed by atoms with van der Waals surface area (Å²) >= 11 is 0. The van der Waals surface area contributed by atoms with Gasteiger partial charge >= 0.3 is 5.97 Å². The zero-order valence-corrected chi connectivity index (χ0v) is 15.9. The van der Waals surface area contributed by atoms with E-state index in [1.807, 2.05) is 0 Å². The fourth-order valence-corrected chi connectivity index (χ4v) is 4.08. The van der Waals surface area contributed by atoms with Crippen molar-refractivity contribution in [1.82, 2.24) is 9.62 Å². The number of hydrogen-bond acceptors (Lipinski definition) is 7. The quantitative estimate of drug-likeness (QED) is 0.713. The number of carbonyl (C=O) groups excluding carboxylic acids is 2. The fourth-order valence-electron chi connectivity index (χ4n) is 2.84. The Morgan fingerprint density at radius 2 is 1.89 bits per heavy atom. The van der Waals surface area contributed by atoms with Crippen molar-refractivity contribution in [3.05, 3.63) is 29.8 Å². The monoisotopic (exact) mass is 395 g/mol. The predicted octanol–water partition coefficient (Wildman–Crippen LogP) is -0.0959. The number of fused-ring (bicyclic) bond motifs is 1. The molecule has 3 rings (SSSR count). The van der Waals surface area contributed by atoms with Gasteiger partial charge in [-0.15, -0.1) is 0 Å². The van der Waals surface area contributed by atoms with Crippen molar-refractivity contribution in [2.45, 2.75) is 30.9 Å². The maximum atomic E-state index is 12.3. The molecule has 0 saturated carbocycles. The van der Waals surface area contributed by atoms with Gasteiger partial charge in [0.05, 0.1) is 18.1 Å². The normalized spacial score (nSPS) is 21.9. The molecule has 2 atom stereocenters. The van der Waals surface area contributed by atoms with Crippen molar-refractivity contribution in [2.24, 2.45) is 4.99 Å². The Balaban J connectivity index is 1.67. The molecule has 2 aliphatic rings. The van der Waals surface area contributed by atoms with Crippen molar-refractivity contribution >= 4 is 27.7 Å². The lowest BCUT2D eigenvalue weighted by atomic mass is 10.2. The lowest BCUT2D eigenvalue weighted by Crippen LogP contribution is -2.46. The van der Waals surface area contributed by atoms with E-state index in [4.69, 9.17) is 9.47 Å². The van der Waals surface area contributed by atoms with Crippen molar-refractivity contribution in [3.63, 3.8) is 0 Å². The number of hydrogen-bond donors (Lipinski definition) is 1. The Hall–Kier alpha value is -2.46. The van der Waals surface area contributed by atoms with E-state index in [2.05, 4.69) is 9.71 Å². The molecule has 1 aromatic carbocycles. The third kappa shape index (κ3) is 4.11. The van der Waals surface area contributed by atoms with Crippen molar-refractivity contribution < 1.29 is 27.5 Å². The Bertz CT molecular complexity index is 876. The van der Waals surface area contributed by atoms with Gasteiger partial charge < -0.3 is 14.4 Å². The number of carbonyl (C=O) groups is 2. The van der Waals surface area contributed by atoms with Gasteiger partial charge in [0.25, 0.3) is 15.9 Å². The Morgan fingerprint density at radius 3 is 2.59 bits per heavy atom. The molecule has 10 heteroatoms. The number of rotatable bonds is 4. The van der Waals surface area contributed by atoms with Crippen LogP contribution in [0.1, 0.15) is 19.4 Å². The van der Waals surface area contributed by atoms with Gasteiger partial charge in [-0.2, -0.15) is 0 Å². The van der Waals surface area contributed by atoms with Crippen LogP contribution in [-0.2, 0) is 29.1 Å². The van der Waals surface area contributed by atoms with E-state index in [0.717, 1.165) is 0 Å². The van der Waals surface area contributed by atoms with Crippen LogP contribution in [0.4, 0.5) is 0 Å². The minimum absolute atomic E-state index is 0.0854. The summed E-state index contributed by atoms with van der Waals surface area (Å²) in [5.41, 5.74) is 0.398. The fraction of sp³-hybridized carbons (Fsp3) is 0.471. The van der Waals surface area contributed by atoms with Gasteiger partial charge in [0.2, 0.25) is 0 Å². The van der Waals surface area contributed by atoms with E-state index in [1.54, 1.807) is 23.1 Å². The number of ether oxygens (including phenoxy) is 2. The predicted molar refractivity (Wildman–Crippen MR) is 95.7 cm³/mol. The molecule has 0 spiro atoms. The molecule has 2 heterocycles. The zero-order chi connectivity index (χ0) is 19.6. The van der Waals surface area contributed by atoms with Crippen LogP contribution in [0.15, 0.2) is 34.2 Å². The summed E-state index contributed by atoms with van der Waals surface area (Å²) in [7, 11) is -3.68. The number of amides is 1. The van der Waals surface area contributed by atoms with Gasteiger partial charge in [-0.05, 0) is 26.0 Å². The first-order valence-electron chi connectivity index (χ1n) is 8.56. The molecule has 0 aliphatic carbocycles. The molecule has 1 unspecified atom stereocenters. The molecule has 1 fully saturated rings. The molecule has 1 aromatic rings. The largest absolute Gasteiger partial charge is 0.451 e. The first-order chi connectivity index (χ1) is 12.8. The number of esters is 1. The lowest BCUT2D eigenvalue weighted by molar-refractivity contribution is -0.161. The molecule has 1 N–H and O–H groups in total. The molecule has 0 radical (unpaired) electrons. The summed E-state index contributed by atoms with van der Waals surface area (Å²) < 4.78 is 36.9. The second kappa shape index (κ2) is 7.65. The molecule has 2 aliphatic heterocycles. The second-order valence-electron chi connectivity index (χ2n) is 6.27. The highest BCUT2D eigenvalue weighted by molar-refractivity contribution is 7.90. The van der Waals surface area contributed by atoms with Gasteiger partial charge in [0, 0.05) is 18.7 Å². The summed E-state index contributed by atoms with van der Waals surface area (Å²) in [4.78, 5) is 30.5. The third-order valence-corrected chi connectivity index (χ3v) is 5.69. The van der Waals surface area contributed by atoms with Crippen molar-refractivity contribution in [3.8, 4) is 0 Å². The van der Waals surface area contributed by atoms with Gasteiger partial charge in [-0.3, -0.25) is 14.5 Å². The summed E-state index contributed by atoms with van der Waals surface area (Å²) in [5, 5.41) is 0. The van der Waals surface area contributed by atoms with Gasteiger partial charge in [0.1, 0.15) is 11.9 Å².